The van der Waals surface area contributed by atoms with E-state index in [1.165, 1.54) is 6.07 Å². The molecule has 0 aliphatic rings. The van der Waals surface area contributed by atoms with E-state index in [0.717, 1.165) is 5.56 Å². The van der Waals surface area contributed by atoms with Crippen LogP contribution in [-0.4, -0.2) is 17.5 Å². The van der Waals surface area contributed by atoms with Gasteiger partial charge in [-0.25, -0.2) is 0 Å². The van der Waals surface area contributed by atoms with Crippen molar-refractivity contribution in [2.75, 3.05) is 17.7 Å². The number of rotatable bonds is 5. The fraction of sp³-hybridized carbons (Fsp3) is 0.188. The van der Waals surface area contributed by atoms with Gasteiger partial charge in [0, 0.05) is 11.1 Å². The zero-order valence-electron chi connectivity index (χ0n) is 12.5. The third kappa shape index (κ3) is 4.34. The van der Waals surface area contributed by atoms with Gasteiger partial charge in [-0.1, -0.05) is 23.7 Å². The predicted octanol–water partition coefficient (Wildman–Crippen LogP) is 2.77. The normalized spacial score (nSPS) is 9.96. The number of halogens is 1. The van der Waals surface area contributed by atoms with Gasteiger partial charge < -0.3 is 15.8 Å². The number of hydrogen-bond donors (Lipinski definition) is 2. The molecular weight excluding hydrogens is 316 g/mol. The molecule has 0 bridgehead atoms. The number of pyridine rings is 1. The van der Waals surface area contributed by atoms with Crippen molar-refractivity contribution in [3.63, 3.8) is 0 Å². The van der Waals surface area contributed by atoms with Gasteiger partial charge in [0.25, 0.3) is 0 Å². The summed E-state index contributed by atoms with van der Waals surface area (Å²) in [5, 5.41) is 12.3. The number of ether oxygens (including phenoxy) is 1. The van der Waals surface area contributed by atoms with Gasteiger partial charge in [0.2, 0.25) is 11.8 Å². The van der Waals surface area contributed by atoms with Crippen LogP contribution in [0.1, 0.15) is 18.1 Å². The van der Waals surface area contributed by atoms with E-state index in [-0.39, 0.29) is 35.3 Å². The van der Waals surface area contributed by atoms with Crippen molar-refractivity contribution >= 4 is 29.0 Å². The van der Waals surface area contributed by atoms with E-state index in [1.54, 1.807) is 31.2 Å². The van der Waals surface area contributed by atoms with E-state index in [2.05, 4.69) is 10.3 Å². The van der Waals surface area contributed by atoms with Crippen LogP contribution in [0.25, 0.3) is 0 Å². The summed E-state index contributed by atoms with van der Waals surface area (Å²) < 4.78 is 5.28. The quantitative estimate of drug-likeness (QED) is 0.877. The van der Waals surface area contributed by atoms with Gasteiger partial charge in [-0.2, -0.15) is 10.2 Å². The molecule has 0 spiro atoms. The maximum absolute atomic E-state index is 12.1. The van der Waals surface area contributed by atoms with E-state index in [0.29, 0.717) is 11.6 Å². The summed E-state index contributed by atoms with van der Waals surface area (Å²) in [6.45, 7) is 2.11. The molecule has 0 aliphatic carbocycles. The minimum absolute atomic E-state index is 0.108. The molecule has 1 heterocycles. The van der Waals surface area contributed by atoms with Crippen LogP contribution in [-0.2, 0) is 11.2 Å². The van der Waals surface area contributed by atoms with Gasteiger partial charge in [0.15, 0.2) is 0 Å². The molecule has 0 saturated carbocycles. The highest BCUT2D eigenvalue weighted by molar-refractivity contribution is 6.30. The maximum atomic E-state index is 12.1. The number of nitrogens with zero attached hydrogens (tertiary/aromatic N) is 2. The Labute approximate surface area is 138 Å². The number of nitrogens with two attached hydrogens (primary N) is 1. The fourth-order valence-electron chi connectivity index (χ4n) is 1.93. The molecule has 7 heteroatoms. The number of benzene rings is 1. The molecule has 0 aliphatic heterocycles. The Balaban J connectivity index is 2.14. The number of aromatic nitrogens is 1. The Morgan fingerprint density at radius 3 is 2.74 bits per heavy atom. The van der Waals surface area contributed by atoms with Gasteiger partial charge >= 0.3 is 0 Å². The number of hydrogen-bond acceptors (Lipinski definition) is 5. The average Bonchev–Trinajstić information content (AvgIpc) is 2.50. The van der Waals surface area contributed by atoms with Crippen LogP contribution in [0, 0.1) is 11.3 Å². The Morgan fingerprint density at radius 2 is 2.13 bits per heavy atom. The SMILES string of the molecule is CCOc1nc(NC(=O)Cc2ccc(Cl)cc2)cc(N)c1C#N. The Kier molecular flexibility index (Phi) is 5.39. The van der Waals surface area contributed by atoms with Crippen LogP contribution in [0.4, 0.5) is 11.5 Å². The average molecular weight is 331 g/mol. The molecule has 2 aromatic rings. The molecule has 118 valence electrons. The molecular formula is C16H15ClN4O2. The van der Waals surface area contributed by atoms with Crippen LogP contribution in [0.15, 0.2) is 30.3 Å². The lowest BCUT2D eigenvalue weighted by atomic mass is 10.1. The molecule has 23 heavy (non-hydrogen) atoms. The first-order chi connectivity index (χ1) is 11.0. The summed E-state index contributed by atoms with van der Waals surface area (Å²) in [5.74, 6) is 0.0899. The second-order valence-corrected chi connectivity index (χ2v) is 5.11. The van der Waals surface area contributed by atoms with Gasteiger partial charge in [0.05, 0.1) is 18.7 Å². The molecule has 0 atom stereocenters. The third-order valence-electron chi connectivity index (χ3n) is 2.96. The van der Waals surface area contributed by atoms with Crippen molar-refractivity contribution in [2.24, 2.45) is 0 Å². The predicted molar refractivity (Wildman–Crippen MR) is 88.3 cm³/mol. The zero-order valence-corrected chi connectivity index (χ0v) is 13.2. The highest BCUT2D eigenvalue weighted by atomic mass is 35.5. The van der Waals surface area contributed by atoms with Gasteiger partial charge in [-0.3, -0.25) is 4.79 Å². The van der Waals surface area contributed by atoms with Crippen LogP contribution in [0.3, 0.4) is 0 Å². The fourth-order valence-corrected chi connectivity index (χ4v) is 2.06. The molecule has 0 unspecified atom stereocenters. The molecule has 6 nitrogen and oxygen atoms in total. The van der Waals surface area contributed by atoms with Crippen LogP contribution in [0.5, 0.6) is 5.88 Å². The van der Waals surface area contributed by atoms with Crippen molar-refractivity contribution < 1.29 is 9.53 Å². The largest absolute Gasteiger partial charge is 0.477 e. The van der Waals surface area contributed by atoms with E-state index >= 15 is 0 Å². The van der Waals surface area contributed by atoms with Gasteiger partial charge in [-0.05, 0) is 24.6 Å². The van der Waals surface area contributed by atoms with E-state index in [9.17, 15) is 4.79 Å². The van der Waals surface area contributed by atoms with Crippen molar-refractivity contribution in [3.05, 3.63) is 46.5 Å². The Bertz CT molecular complexity index is 754. The number of carbonyl (C=O) groups is 1. The molecule has 1 amide bonds. The molecule has 1 aromatic carbocycles. The van der Waals surface area contributed by atoms with E-state index in [4.69, 9.17) is 27.3 Å². The topological polar surface area (TPSA) is 101 Å². The number of nitrogens with one attached hydrogen (secondary N) is 1. The summed E-state index contributed by atoms with van der Waals surface area (Å²) in [4.78, 5) is 16.2. The van der Waals surface area contributed by atoms with Crippen molar-refractivity contribution in [1.82, 2.24) is 4.98 Å². The lowest BCUT2D eigenvalue weighted by Gasteiger charge is -2.10. The second kappa shape index (κ2) is 7.47. The lowest BCUT2D eigenvalue weighted by molar-refractivity contribution is -0.115. The van der Waals surface area contributed by atoms with Crippen LogP contribution in [0.2, 0.25) is 5.02 Å². The smallest absolute Gasteiger partial charge is 0.235 e. The number of carbonyl (C=O) groups excluding carboxylic acids is 1. The summed E-state index contributed by atoms with van der Waals surface area (Å²) in [5.41, 5.74) is 6.97. The highest BCUT2D eigenvalue weighted by Crippen LogP contribution is 2.25. The summed E-state index contributed by atoms with van der Waals surface area (Å²) >= 11 is 5.81. The third-order valence-corrected chi connectivity index (χ3v) is 3.21. The second-order valence-electron chi connectivity index (χ2n) is 4.67. The number of amides is 1. The molecule has 2 rings (SSSR count). The Morgan fingerprint density at radius 1 is 1.43 bits per heavy atom. The summed E-state index contributed by atoms with van der Waals surface area (Å²) in [6, 6.07) is 10.3. The van der Waals surface area contributed by atoms with Crippen LogP contribution < -0.4 is 15.8 Å². The molecule has 0 fully saturated rings. The molecule has 0 radical (unpaired) electrons. The monoisotopic (exact) mass is 330 g/mol. The minimum atomic E-state index is -0.258. The first-order valence-electron chi connectivity index (χ1n) is 6.91. The van der Waals surface area contributed by atoms with Gasteiger partial charge in [-0.15, -0.1) is 0 Å². The van der Waals surface area contributed by atoms with Crippen molar-refractivity contribution in [2.45, 2.75) is 13.3 Å². The first kappa shape index (κ1) is 16.6. The maximum Gasteiger partial charge on any atom is 0.235 e. The Hall–Kier alpha value is -2.78. The zero-order chi connectivity index (χ0) is 16.8. The molecule has 3 N–H and O–H groups in total. The van der Waals surface area contributed by atoms with Gasteiger partial charge in [0.1, 0.15) is 17.5 Å². The highest BCUT2D eigenvalue weighted by Gasteiger charge is 2.13. The van der Waals surface area contributed by atoms with Crippen molar-refractivity contribution in [3.8, 4) is 11.9 Å². The number of nitrogen functional groups attached to an aromatic ring is 1. The number of nitriles is 1. The van der Waals surface area contributed by atoms with E-state index < -0.39 is 0 Å². The standard InChI is InChI=1S/C16H15ClN4O2/c1-2-23-16-12(9-18)13(19)8-14(21-16)20-15(22)7-10-3-5-11(17)6-4-10/h3-6,8H,2,7H2,1H3,(H3,19,20,21,22). The lowest BCUT2D eigenvalue weighted by Crippen LogP contribution is -2.16. The first-order valence-corrected chi connectivity index (χ1v) is 7.29. The minimum Gasteiger partial charge on any atom is -0.477 e. The van der Waals surface area contributed by atoms with E-state index in [1.807, 2.05) is 6.07 Å². The van der Waals surface area contributed by atoms with Crippen LogP contribution >= 0.6 is 11.6 Å². The molecule has 1 aromatic heterocycles. The summed E-state index contributed by atoms with van der Waals surface area (Å²) in [7, 11) is 0. The molecule has 0 saturated heterocycles. The number of anilines is 2. The van der Waals surface area contributed by atoms with Crippen molar-refractivity contribution in [1.29, 1.82) is 5.26 Å². The summed E-state index contributed by atoms with van der Waals surface area (Å²) in [6.07, 6.45) is 0.169.